The normalized spacial score (nSPS) is 13.1. The molecule has 1 unspecified atom stereocenters. The number of aromatic nitrogens is 1. The van der Waals surface area contributed by atoms with Crippen molar-refractivity contribution in [2.75, 3.05) is 0 Å². The zero-order valence-electron chi connectivity index (χ0n) is 9.58. The van der Waals surface area contributed by atoms with Crippen LogP contribution < -0.4 is 0 Å². The number of aliphatic hydroxyl groups excluding tert-OH is 1. The molecule has 0 saturated carbocycles. The van der Waals surface area contributed by atoms with E-state index < -0.39 is 6.10 Å². The number of hydrogen-bond acceptors (Lipinski definition) is 2. The summed E-state index contributed by atoms with van der Waals surface area (Å²) in [6, 6.07) is 5.69. The molecule has 16 heavy (non-hydrogen) atoms. The third-order valence-corrected chi connectivity index (χ3v) is 2.91. The molecule has 0 saturated heterocycles. The molecule has 0 aliphatic heterocycles. The Morgan fingerprint density at radius 1 is 1.25 bits per heavy atom. The van der Waals surface area contributed by atoms with Gasteiger partial charge in [0.05, 0.1) is 11.6 Å². The largest absolute Gasteiger partial charge is 0.389 e. The van der Waals surface area contributed by atoms with E-state index in [1.165, 1.54) is 0 Å². The lowest BCUT2D eigenvalue weighted by Crippen LogP contribution is -1.97. The summed E-state index contributed by atoms with van der Waals surface area (Å²) in [6.07, 6.45) is -0.560. The third-order valence-electron chi connectivity index (χ3n) is 2.69. The smallest absolute Gasteiger partial charge is 0.0783 e. The van der Waals surface area contributed by atoms with E-state index in [0.29, 0.717) is 5.02 Å². The highest BCUT2D eigenvalue weighted by Crippen LogP contribution is 2.29. The van der Waals surface area contributed by atoms with E-state index >= 15 is 0 Å². The molecule has 0 amide bonds. The molecule has 1 N–H and O–H groups in total. The van der Waals surface area contributed by atoms with Crippen LogP contribution in [-0.4, -0.2) is 10.1 Å². The number of aliphatic hydroxyl groups is 1. The average molecular weight is 236 g/mol. The van der Waals surface area contributed by atoms with Crippen molar-refractivity contribution in [3.8, 4) is 0 Å². The van der Waals surface area contributed by atoms with Gasteiger partial charge in [-0.25, -0.2) is 0 Å². The molecule has 0 spiro atoms. The Hall–Kier alpha value is -1.12. The van der Waals surface area contributed by atoms with Gasteiger partial charge in [0.1, 0.15) is 0 Å². The Bertz CT molecular complexity index is 549. The summed E-state index contributed by atoms with van der Waals surface area (Å²) in [7, 11) is 0. The highest BCUT2D eigenvalue weighted by atomic mass is 35.5. The number of benzene rings is 1. The van der Waals surface area contributed by atoms with Gasteiger partial charge in [0.2, 0.25) is 0 Å². The van der Waals surface area contributed by atoms with Gasteiger partial charge in [0.15, 0.2) is 0 Å². The molecular weight excluding hydrogens is 222 g/mol. The van der Waals surface area contributed by atoms with Crippen LogP contribution in [0.5, 0.6) is 0 Å². The van der Waals surface area contributed by atoms with Gasteiger partial charge < -0.3 is 5.11 Å². The molecule has 3 heteroatoms. The predicted octanol–water partition coefficient (Wildman–Crippen LogP) is 3.56. The number of halogens is 1. The fourth-order valence-electron chi connectivity index (χ4n) is 1.96. The summed E-state index contributed by atoms with van der Waals surface area (Å²) >= 11 is 6.04. The molecule has 1 heterocycles. The highest BCUT2D eigenvalue weighted by molar-refractivity contribution is 6.31. The van der Waals surface area contributed by atoms with Crippen molar-refractivity contribution in [3.05, 3.63) is 40.0 Å². The first-order chi connectivity index (χ1) is 7.49. The van der Waals surface area contributed by atoms with Crippen molar-refractivity contribution < 1.29 is 5.11 Å². The van der Waals surface area contributed by atoms with Crippen LogP contribution in [0.4, 0.5) is 0 Å². The lowest BCUT2D eigenvalue weighted by molar-refractivity contribution is 0.200. The van der Waals surface area contributed by atoms with E-state index in [9.17, 15) is 5.11 Å². The number of fused-ring (bicyclic) bond motifs is 1. The summed E-state index contributed by atoms with van der Waals surface area (Å²) in [5.74, 6) is 0. The lowest BCUT2D eigenvalue weighted by Gasteiger charge is -2.11. The zero-order valence-corrected chi connectivity index (χ0v) is 10.3. The highest BCUT2D eigenvalue weighted by Gasteiger charge is 2.11. The first kappa shape index (κ1) is 11.4. The van der Waals surface area contributed by atoms with Crippen molar-refractivity contribution >= 4 is 22.5 Å². The molecule has 0 aliphatic rings. The molecule has 0 bridgehead atoms. The van der Waals surface area contributed by atoms with Gasteiger partial charge in [-0.2, -0.15) is 0 Å². The number of nitrogens with zero attached hydrogens (tertiary/aromatic N) is 1. The van der Waals surface area contributed by atoms with Gasteiger partial charge in [-0.3, -0.25) is 4.98 Å². The van der Waals surface area contributed by atoms with Gasteiger partial charge in [0, 0.05) is 21.7 Å². The van der Waals surface area contributed by atoms with Crippen LogP contribution in [0, 0.1) is 13.8 Å². The van der Waals surface area contributed by atoms with Gasteiger partial charge in [-0.15, -0.1) is 0 Å². The third kappa shape index (κ3) is 1.91. The molecule has 84 valence electrons. The van der Waals surface area contributed by atoms with Crippen LogP contribution in [0.2, 0.25) is 5.02 Å². The number of rotatable bonds is 1. The van der Waals surface area contributed by atoms with E-state index in [-0.39, 0.29) is 0 Å². The predicted molar refractivity (Wildman–Crippen MR) is 66.9 cm³/mol. The maximum absolute atomic E-state index is 9.73. The second-order valence-electron chi connectivity index (χ2n) is 4.15. The topological polar surface area (TPSA) is 33.1 Å². The molecule has 2 rings (SSSR count). The maximum atomic E-state index is 9.73. The van der Waals surface area contributed by atoms with Crippen molar-refractivity contribution in [2.24, 2.45) is 0 Å². The number of pyridine rings is 1. The van der Waals surface area contributed by atoms with Gasteiger partial charge in [-0.1, -0.05) is 11.6 Å². The monoisotopic (exact) mass is 235 g/mol. The Kier molecular flexibility index (Phi) is 2.87. The molecule has 2 nitrogen and oxygen atoms in total. The van der Waals surface area contributed by atoms with Crippen LogP contribution in [0.25, 0.3) is 10.9 Å². The SMILES string of the molecule is Cc1cc(C)c2cc(Cl)cc(C(C)O)c2n1. The summed E-state index contributed by atoms with van der Waals surface area (Å²) < 4.78 is 0. The lowest BCUT2D eigenvalue weighted by atomic mass is 10.0. The zero-order chi connectivity index (χ0) is 11.9. The quantitative estimate of drug-likeness (QED) is 0.820. The fourth-order valence-corrected chi connectivity index (χ4v) is 2.19. The van der Waals surface area contributed by atoms with Crippen molar-refractivity contribution in [1.82, 2.24) is 4.98 Å². The van der Waals surface area contributed by atoms with E-state index in [0.717, 1.165) is 27.7 Å². The van der Waals surface area contributed by atoms with Crippen LogP contribution >= 0.6 is 11.6 Å². The number of hydrogen-bond donors (Lipinski definition) is 1. The summed E-state index contributed by atoms with van der Waals surface area (Å²) in [5.41, 5.74) is 3.72. The maximum Gasteiger partial charge on any atom is 0.0783 e. The van der Waals surface area contributed by atoms with Gasteiger partial charge >= 0.3 is 0 Å². The van der Waals surface area contributed by atoms with E-state index in [2.05, 4.69) is 4.98 Å². The average Bonchev–Trinajstić information content (AvgIpc) is 2.18. The summed E-state index contributed by atoms with van der Waals surface area (Å²) in [6.45, 7) is 5.70. The summed E-state index contributed by atoms with van der Waals surface area (Å²) in [5, 5.41) is 11.4. The minimum Gasteiger partial charge on any atom is -0.389 e. The van der Waals surface area contributed by atoms with Crippen LogP contribution in [-0.2, 0) is 0 Å². The first-order valence-electron chi connectivity index (χ1n) is 5.24. The van der Waals surface area contributed by atoms with E-state index in [1.54, 1.807) is 13.0 Å². The van der Waals surface area contributed by atoms with Crippen molar-refractivity contribution in [1.29, 1.82) is 0 Å². The second kappa shape index (κ2) is 4.04. The van der Waals surface area contributed by atoms with Crippen molar-refractivity contribution in [2.45, 2.75) is 26.9 Å². The summed E-state index contributed by atoms with van der Waals surface area (Å²) in [4.78, 5) is 4.48. The minimum atomic E-state index is -0.560. The van der Waals surface area contributed by atoms with Gasteiger partial charge in [0.25, 0.3) is 0 Å². The molecule has 0 radical (unpaired) electrons. The molecule has 1 aromatic heterocycles. The molecule has 0 fully saturated rings. The van der Waals surface area contributed by atoms with Crippen LogP contribution in [0.15, 0.2) is 18.2 Å². The van der Waals surface area contributed by atoms with E-state index in [4.69, 9.17) is 11.6 Å². The van der Waals surface area contributed by atoms with Gasteiger partial charge in [-0.05, 0) is 44.5 Å². The second-order valence-corrected chi connectivity index (χ2v) is 4.58. The molecule has 0 aliphatic carbocycles. The Balaban J connectivity index is 2.89. The molecular formula is C13H14ClNO. The van der Waals surface area contributed by atoms with Crippen molar-refractivity contribution in [3.63, 3.8) is 0 Å². The van der Waals surface area contributed by atoms with Crippen LogP contribution in [0.1, 0.15) is 29.8 Å². The minimum absolute atomic E-state index is 0.560. The van der Waals surface area contributed by atoms with Crippen LogP contribution in [0.3, 0.4) is 0 Å². The molecule has 2 aromatic rings. The fraction of sp³-hybridized carbons (Fsp3) is 0.308. The Labute approximate surface area is 99.9 Å². The van der Waals surface area contributed by atoms with E-state index in [1.807, 2.05) is 26.0 Å². The number of aryl methyl sites for hydroxylation is 2. The Morgan fingerprint density at radius 3 is 2.56 bits per heavy atom. The first-order valence-corrected chi connectivity index (χ1v) is 5.62. The standard InChI is InChI=1S/C13H14ClNO/c1-7-4-8(2)15-13-11(7)5-10(14)6-12(13)9(3)16/h4-6,9,16H,1-3H3. The molecule has 1 aromatic carbocycles. The molecule has 1 atom stereocenters. The Morgan fingerprint density at radius 2 is 1.94 bits per heavy atom.